The van der Waals surface area contributed by atoms with Crippen LogP contribution >= 0.6 is 0 Å². The molecule has 3 heteroatoms. The van der Waals surface area contributed by atoms with Crippen molar-refractivity contribution in [1.29, 1.82) is 0 Å². The van der Waals surface area contributed by atoms with Crippen molar-refractivity contribution in [1.82, 2.24) is 5.32 Å². The first-order valence-electron chi connectivity index (χ1n) is 4.72. The molecule has 0 aromatic carbocycles. The summed E-state index contributed by atoms with van der Waals surface area (Å²) in [7, 11) is -0.666. The highest BCUT2D eigenvalue weighted by Gasteiger charge is 2.11. The van der Waals surface area contributed by atoms with E-state index in [9.17, 15) is 4.21 Å². The minimum Gasteiger partial charge on any atom is -0.313 e. The summed E-state index contributed by atoms with van der Waals surface area (Å²) in [5.41, 5.74) is 0. The Labute approximate surface area is 78.6 Å². The molecule has 2 atom stereocenters. The largest absolute Gasteiger partial charge is 0.313 e. The fourth-order valence-corrected chi connectivity index (χ4v) is 2.14. The third-order valence-corrected chi connectivity index (χ3v) is 3.66. The fraction of sp³-hybridized carbons (Fsp3) is 1.00. The van der Waals surface area contributed by atoms with Gasteiger partial charge in [-0.1, -0.05) is 27.7 Å². The molecule has 0 aromatic rings. The molecule has 12 heavy (non-hydrogen) atoms. The molecule has 0 aromatic heterocycles. The lowest BCUT2D eigenvalue weighted by Gasteiger charge is -2.16. The molecule has 0 radical (unpaired) electrons. The normalized spacial score (nSPS) is 16.4. The molecular formula is C9H21NOS. The molecule has 0 rings (SSSR count). The van der Waals surface area contributed by atoms with Gasteiger partial charge in [0.25, 0.3) is 0 Å². The van der Waals surface area contributed by atoms with Crippen LogP contribution in [0.5, 0.6) is 0 Å². The van der Waals surface area contributed by atoms with E-state index < -0.39 is 10.8 Å². The summed E-state index contributed by atoms with van der Waals surface area (Å²) in [4.78, 5) is 0. The van der Waals surface area contributed by atoms with Gasteiger partial charge in [0.2, 0.25) is 0 Å². The minimum absolute atomic E-state index is 0.290. The van der Waals surface area contributed by atoms with Gasteiger partial charge in [-0.05, 0) is 13.0 Å². The lowest BCUT2D eigenvalue weighted by molar-refractivity contribution is 0.551. The van der Waals surface area contributed by atoms with Crippen LogP contribution in [0, 0.1) is 0 Å². The van der Waals surface area contributed by atoms with Crippen molar-refractivity contribution in [2.75, 3.05) is 12.3 Å². The molecule has 0 amide bonds. The van der Waals surface area contributed by atoms with Crippen LogP contribution in [0.4, 0.5) is 0 Å². The van der Waals surface area contributed by atoms with E-state index in [0.717, 1.165) is 18.7 Å². The molecule has 74 valence electrons. The minimum atomic E-state index is -0.666. The molecule has 0 heterocycles. The van der Waals surface area contributed by atoms with Crippen LogP contribution in [0.15, 0.2) is 0 Å². The van der Waals surface area contributed by atoms with Gasteiger partial charge in [0.1, 0.15) is 0 Å². The van der Waals surface area contributed by atoms with Crippen LogP contribution in [-0.2, 0) is 10.8 Å². The molecule has 0 saturated heterocycles. The highest BCUT2D eigenvalue weighted by Crippen LogP contribution is 2.00. The summed E-state index contributed by atoms with van der Waals surface area (Å²) in [5, 5.41) is 3.61. The second-order valence-corrected chi connectivity index (χ2v) is 5.30. The molecule has 0 saturated carbocycles. The van der Waals surface area contributed by atoms with Crippen molar-refractivity contribution in [3.63, 3.8) is 0 Å². The van der Waals surface area contributed by atoms with Crippen LogP contribution in [-0.4, -0.2) is 27.8 Å². The van der Waals surface area contributed by atoms with Crippen LogP contribution < -0.4 is 5.32 Å². The van der Waals surface area contributed by atoms with Crippen LogP contribution in [0.3, 0.4) is 0 Å². The lowest BCUT2D eigenvalue weighted by atomic mass is 10.2. The standard InChI is InChI=1S/C9H21NOS/c1-5-9(10-6-2)7-12(11)8(3)4/h8-10H,5-7H2,1-4H3. The summed E-state index contributed by atoms with van der Waals surface area (Å²) >= 11 is 0. The molecule has 0 aliphatic carbocycles. The Morgan fingerprint density at radius 1 is 1.33 bits per heavy atom. The summed E-state index contributed by atoms with van der Waals surface area (Å²) in [6.45, 7) is 9.20. The van der Waals surface area contributed by atoms with Gasteiger partial charge < -0.3 is 5.32 Å². The maximum atomic E-state index is 11.5. The van der Waals surface area contributed by atoms with E-state index in [4.69, 9.17) is 0 Å². The van der Waals surface area contributed by atoms with Crippen molar-refractivity contribution in [3.05, 3.63) is 0 Å². The summed E-state index contributed by atoms with van der Waals surface area (Å²) in [5.74, 6) is 0.794. The van der Waals surface area contributed by atoms with Gasteiger partial charge in [0, 0.05) is 27.8 Å². The zero-order chi connectivity index (χ0) is 9.56. The molecule has 0 aliphatic heterocycles. The second-order valence-electron chi connectivity index (χ2n) is 3.26. The van der Waals surface area contributed by atoms with Crippen LogP contribution in [0.2, 0.25) is 0 Å². The van der Waals surface area contributed by atoms with Gasteiger partial charge in [-0.3, -0.25) is 4.21 Å². The van der Waals surface area contributed by atoms with E-state index >= 15 is 0 Å². The Bertz CT molecular complexity index is 136. The zero-order valence-electron chi connectivity index (χ0n) is 8.59. The van der Waals surface area contributed by atoms with Crippen LogP contribution in [0.1, 0.15) is 34.1 Å². The van der Waals surface area contributed by atoms with E-state index in [0.29, 0.717) is 6.04 Å². The van der Waals surface area contributed by atoms with Gasteiger partial charge >= 0.3 is 0 Å². The van der Waals surface area contributed by atoms with E-state index in [-0.39, 0.29) is 5.25 Å². The quantitative estimate of drug-likeness (QED) is 0.690. The third-order valence-electron chi connectivity index (χ3n) is 1.88. The Morgan fingerprint density at radius 2 is 1.92 bits per heavy atom. The number of hydrogen-bond donors (Lipinski definition) is 1. The second kappa shape index (κ2) is 6.61. The highest BCUT2D eigenvalue weighted by molar-refractivity contribution is 7.85. The van der Waals surface area contributed by atoms with Gasteiger partial charge in [0.05, 0.1) is 0 Å². The van der Waals surface area contributed by atoms with Crippen LogP contribution in [0.25, 0.3) is 0 Å². The number of nitrogens with one attached hydrogen (secondary N) is 1. The van der Waals surface area contributed by atoms with Gasteiger partial charge in [-0.2, -0.15) is 0 Å². The van der Waals surface area contributed by atoms with Crippen molar-refractivity contribution in [2.45, 2.75) is 45.4 Å². The Balaban J connectivity index is 3.77. The zero-order valence-corrected chi connectivity index (χ0v) is 9.41. The van der Waals surface area contributed by atoms with E-state index in [1.807, 2.05) is 13.8 Å². The molecule has 2 unspecified atom stereocenters. The molecule has 2 nitrogen and oxygen atoms in total. The molecule has 0 fully saturated rings. The first-order valence-corrected chi connectivity index (χ1v) is 6.10. The summed E-state index contributed by atoms with van der Waals surface area (Å²) in [6.07, 6.45) is 1.06. The smallest absolute Gasteiger partial charge is 0.0391 e. The maximum Gasteiger partial charge on any atom is 0.0391 e. The van der Waals surface area contributed by atoms with Crippen molar-refractivity contribution in [3.8, 4) is 0 Å². The first-order chi connectivity index (χ1) is 5.61. The predicted molar refractivity (Wildman–Crippen MR) is 55.9 cm³/mol. The average Bonchev–Trinajstić information content (AvgIpc) is 2.03. The topological polar surface area (TPSA) is 29.1 Å². The van der Waals surface area contributed by atoms with Crippen molar-refractivity contribution >= 4 is 10.8 Å². The third kappa shape index (κ3) is 4.88. The molecule has 0 bridgehead atoms. The highest BCUT2D eigenvalue weighted by atomic mass is 32.2. The summed E-state index contributed by atoms with van der Waals surface area (Å²) < 4.78 is 11.5. The van der Waals surface area contributed by atoms with E-state index in [2.05, 4.69) is 19.2 Å². The van der Waals surface area contributed by atoms with E-state index in [1.54, 1.807) is 0 Å². The molecule has 0 spiro atoms. The average molecular weight is 191 g/mol. The predicted octanol–water partition coefficient (Wildman–Crippen LogP) is 1.53. The summed E-state index contributed by atoms with van der Waals surface area (Å²) in [6, 6.07) is 0.429. The number of rotatable bonds is 6. The molecule has 1 N–H and O–H groups in total. The monoisotopic (exact) mass is 191 g/mol. The van der Waals surface area contributed by atoms with Crippen molar-refractivity contribution < 1.29 is 4.21 Å². The van der Waals surface area contributed by atoms with E-state index in [1.165, 1.54) is 0 Å². The molecule has 0 aliphatic rings. The Kier molecular flexibility index (Phi) is 6.67. The Morgan fingerprint density at radius 3 is 2.25 bits per heavy atom. The van der Waals surface area contributed by atoms with Gasteiger partial charge in [0.15, 0.2) is 0 Å². The molecular weight excluding hydrogens is 170 g/mol. The lowest BCUT2D eigenvalue weighted by Crippen LogP contribution is -2.34. The fourth-order valence-electron chi connectivity index (χ4n) is 1.00. The van der Waals surface area contributed by atoms with Gasteiger partial charge in [-0.25, -0.2) is 0 Å². The number of hydrogen-bond acceptors (Lipinski definition) is 2. The van der Waals surface area contributed by atoms with Crippen molar-refractivity contribution in [2.24, 2.45) is 0 Å². The van der Waals surface area contributed by atoms with Gasteiger partial charge in [-0.15, -0.1) is 0 Å². The SMILES string of the molecule is CCNC(CC)CS(=O)C(C)C. The first kappa shape index (κ1) is 12.1. The Hall–Kier alpha value is 0.110. The maximum absolute atomic E-state index is 11.5.